The first-order chi connectivity index (χ1) is 12.3. The Morgan fingerprint density at radius 3 is 1.96 bits per heavy atom. The number of nitrogen functional groups attached to an aromatic ring is 1. The quantitative estimate of drug-likeness (QED) is 0.238. The van der Waals surface area contributed by atoms with Crippen molar-refractivity contribution in [1.82, 2.24) is 4.98 Å². The Balaban J connectivity index is 1.94. The molecule has 130 valence electrons. The van der Waals surface area contributed by atoms with Crippen molar-refractivity contribution in [3.05, 3.63) is 67.2 Å². The number of carbonyl (C=O) groups is 2. The fraction of sp³-hybridized carbons (Fsp3) is 0.0556. The average molecular weight is 426 g/mol. The maximum Gasteiger partial charge on any atom is 0.182 e. The summed E-state index contributed by atoms with van der Waals surface area (Å²) < 4.78 is 0. The number of anilines is 1. The number of para-hydroxylation sites is 1. The number of pyridine rings is 1. The molecule has 0 aliphatic heterocycles. The van der Waals surface area contributed by atoms with Crippen molar-refractivity contribution in [3.63, 3.8) is 0 Å². The summed E-state index contributed by atoms with van der Waals surface area (Å²) in [7, 11) is 0. The van der Waals surface area contributed by atoms with Crippen molar-refractivity contribution < 1.29 is 9.59 Å². The van der Waals surface area contributed by atoms with Crippen LogP contribution in [0.15, 0.2) is 30.3 Å². The van der Waals surface area contributed by atoms with Gasteiger partial charge in [0.05, 0.1) is 48.1 Å². The molecule has 0 saturated heterocycles. The summed E-state index contributed by atoms with van der Waals surface area (Å²) in [5.41, 5.74) is 7.13. The van der Waals surface area contributed by atoms with Crippen LogP contribution in [0.2, 0.25) is 20.1 Å². The highest BCUT2D eigenvalue weighted by atomic mass is 35.5. The van der Waals surface area contributed by atoms with E-state index in [1.54, 1.807) is 24.3 Å². The zero-order chi connectivity index (χ0) is 18.7. The highest BCUT2D eigenvalue weighted by Crippen LogP contribution is 2.47. The molecule has 1 aromatic heterocycles. The van der Waals surface area contributed by atoms with E-state index in [9.17, 15) is 9.59 Å². The van der Waals surface area contributed by atoms with Gasteiger partial charge in [-0.3, -0.25) is 9.59 Å². The molecule has 0 saturated carbocycles. The fourth-order valence-electron chi connectivity index (χ4n) is 3.12. The molecule has 1 heterocycles. The van der Waals surface area contributed by atoms with Crippen LogP contribution in [0.25, 0.3) is 10.9 Å². The summed E-state index contributed by atoms with van der Waals surface area (Å²) in [6, 6.07) is 8.69. The maximum atomic E-state index is 12.9. The number of nitrogens with zero attached hydrogens (tertiary/aromatic N) is 1. The van der Waals surface area contributed by atoms with Gasteiger partial charge in [-0.1, -0.05) is 64.6 Å². The van der Waals surface area contributed by atoms with Crippen molar-refractivity contribution >= 4 is 74.6 Å². The number of benzene rings is 2. The van der Waals surface area contributed by atoms with Gasteiger partial charge in [-0.2, -0.15) is 0 Å². The van der Waals surface area contributed by atoms with Gasteiger partial charge in [0.1, 0.15) is 5.92 Å². The third kappa shape index (κ3) is 2.33. The summed E-state index contributed by atoms with van der Waals surface area (Å²) in [6.07, 6.45) is 0. The first kappa shape index (κ1) is 17.6. The number of ketones is 2. The number of hydrogen-bond donors (Lipinski definition) is 1. The van der Waals surface area contributed by atoms with Crippen LogP contribution in [-0.2, 0) is 0 Å². The molecule has 4 rings (SSSR count). The molecule has 0 unspecified atom stereocenters. The van der Waals surface area contributed by atoms with E-state index in [0.717, 1.165) is 5.39 Å². The van der Waals surface area contributed by atoms with Gasteiger partial charge in [-0.25, -0.2) is 4.98 Å². The van der Waals surface area contributed by atoms with Crippen molar-refractivity contribution in [2.75, 3.05) is 5.73 Å². The van der Waals surface area contributed by atoms with E-state index in [1.165, 1.54) is 0 Å². The Labute approximate surface area is 167 Å². The second-order valence-corrected chi connectivity index (χ2v) is 7.33. The molecule has 1 aliphatic carbocycles. The molecule has 0 atom stereocenters. The van der Waals surface area contributed by atoms with Gasteiger partial charge in [-0.15, -0.1) is 0 Å². The minimum absolute atomic E-state index is 0.0241. The second-order valence-electron chi connectivity index (χ2n) is 5.82. The van der Waals surface area contributed by atoms with E-state index in [-0.39, 0.29) is 36.9 Å². The lowest BCUT2D eigenvalue weighted by Gasteiger charge is -2.09. The van der Waals surface area contributed by atoms with Gasteiger partial charge in [-0.05, 0) is 12.1 Å². The molecule has 4 nitrogen and oxygen atoms in total. The first-order valence-corrected chi connectivity index (χ1v) is 8.93. The number of rotatable bonds is 1. The third-order valence-corrected chi connectivity index (χ3v) is 6.16. The number of halogens is 4. The number of hydrogen-bond acceptors (Lipinski definition) is 4. The van der Waals surface area contributed by atoms with Crippen LogP contribution in [-0.4, -0.2) is 16.6 Å². The zero-order valence-corrected chi connectivity index (χ0v) is 15.8. The van der Waals surface area contributed by atoms with Gasteiger partial charge in [0.2, 0.25) is 0 Å². The Morgan fingerprint density at radius 2 is 1.38 bits per heavy atom. The molecule has 0 radical (unpaired) electrons. The van der Waals surface area contributed by atoms with Crippen LogP contribution in [0.3, 0.4) is 0 Å². The summed E-state index contributed by atoms with van der Waals surface area (Å²) >= 11 is 24.4. The average Bonchev–Trinajstić information content (AvgIpc) is 2.89. The molecule has 0 spiro atoms. The smallest absolute Gasteiger partial charge is 0.182 e. The second kappa shape index (κ2) is 6.10. The minimum Gasteiger partial charge on any atom is -0.397 e. The molecule has 2 aromatic carbocycles. The summed E-state index contributed by atoms with van der Waals surface area (Å²) in [6.45, 7) is 0. The Bertz CT molecular complexity index is 1100. The highest BCUT2D eigenvalue weighted by Gasteiger charge is 2.45. The number of fused-ring (bicyclic) bond motifs is 2. The van der Waals surface area contributed by atoms with Crippen molar-refractivity contribution in [1.29, 1.82) is 0 Å². The van der Waals surface area contributed by atoms with E-state index >= 15 is 0 Å². The highest BCUT2D eigenvalue weighted by molar-refractivity contribution is 6.55. The molecular formula is C18H8Cl4N2O2. The van der Waals surface area contributed by atoms with Gasteiger partial charge >= 0.3 is 0 Å². The Kier molecular flexibility index (Phi) is 4.12. The molecule has 0 fully saturated rings. The van der Waals surface area contributed by atoms with Gasteiger partial charge in [0.25, 0.3) is 0 Å². The van der Waals surface area contributed by atoms with E-state index in [1.807, 2.05) is 6.07 Å². The molecule has 26 heavy (non-hydrogen) atoms. The van der Waals surface area contributed by atoms with Crippen LogP contribution < -0.4 is 5.73 Å². The number of nitrogens with two attached hydrogens (primary N) is 1. The van der Waals surface area contributed by atoms with Crippen molar-refractivity contribution in [2.45, 2.75) is 5.92 Å². The minimum atomic E-state index is -1.17. The molecule has 3 aromatic rings. The predicted octanol–water partition coefficient (Wildman–Crippen LogP) is 5.59. The lowest BCUT2D eigenvalue weighted by atomic mass is 9.98. The molecular weight excluding hydrogens is 418 g/mol. The molecule has 2 N–H and O–H groups in total. The summed E-state index contributed by atoms with van der Waals surface area (Å²) in [5, 5.41) is 0.505. The van der Waals surface area contributed by atoms with Crippen LogP contribution in [0.4, 0.5) is 5.69 Å². The molecule has 0 bridgehead atoms. The van der Waals surface area contributed by atoms with E-state index in [2.05, 4.69) is 4.98 Å². The lowest BCUT2D eigenvalue weighted by molar-refractivity contribution is 0.0888. The zero-order valence-electron chi connectivity index (χ0n) is 12.8. The van der Waals surface area contributed by atoms with Crippen molar-refractivity contribution in [2.24, 2.45) is 0 Å². The maximum absolute atomic E-state index is 12.9. The van der Waals surface area contributed by atoms with Crippen LogP contribution in [0.1, 0.15) is 32.3 Å². The topological polar surface area (TPSA) is 73.1 Å². The van der Waals surface area contributed by atoms with Crippen molar-refractivity contribution in [3.8, 4) is 0 Å². The van der Waals surface area contributed by atoms with Crippen LogP contribution in [0, 0.1) is 0 Å². The predicted molar refractivity (Wildman–Crippen MR) is 104 cm³/mol. The standard InChI is InChI=1S/C18H8Cl4N2O2/c19-12-10-11(13(20)15(22)14(12)21)18(26)9(17(10)25)8-5-4-6-2-1-3-7(23)16(6)24-8/h1-5,9H,23H2. The number of Topliss-reactive ketones (excluding diaryl/α,β-unsaturated/α-hetero) is 2. The van der Waals surface area contributed by atoms with E-state index in [0.29, 0.717) is 11.2 Å². The summed E-state index contributed by atoms with van der Waals surface area (Å²) in [5.74, 6) is -2.20. The van der Waals surface area contributed by atoms with E-state index < -0.39 is 17.5 Å². The van der Waals surface area contributed by atoms with Gasteiger partial charge in [0.15, 0.2) is 11.6 Å². The molecule has 8 heteroatoms. The van der Waals surface area contributed by atoms with Gasteiger partial charge < -0.3 is 5.73 Å². The fourth-order valence-corrected chi connectivity index (χ4v) is 4.16. The lowest BCUT2D eigenvalue weighted by Crippen LogP contribution is -2.14. The van der Waals surface area contributed by atoms with E-state index in [4.69, 9.17) is 52.1 Å². The normalized spacial score (nSPS) is 14.3. The van der Waals surface area contributed by atoms with Crippen LogP contribution >= 0.6 is 46.4 Å². The number of carbonyl (C=O) groups excluding carboxylic acids is 2. The van der Waals surface area contributed by atoms with Crippen LogP contribution in [0.5, 0.6) is 0 Å². The molecule has 0 amide bonds. The summed E-state index contributed by atoms with van der Waals surface area (Å²) in [4.78, 5) is 30.3. The third-order valence-electron chi connectivity index (χ3n) is 4.35. The Hall–Kier alpha value is -1.85. The Morgan fingerprint density at radius 1 is 0.808 bits per heavy atom. The SMILES string of the molecule is Nc1cccc2ccc(C3C(=O)c4c(Cl)c(Cl)c(Cl)c(Cl)c4C3=O)nc12. The number of aromatic nitrogens is 1. The monoisotopic (exact) mass is 424 g/mol. The van der Waals surface area contributed by atoms with Gasteiger partial charge in [0, 0.05) is 5.39 Å². The largest absolute Gasteiger partial charge is 0.397 e. The first-order valence-electron chi connectivity index (χ1n) is 7.42. The molecule has 1 aliphatic rings.